The maximum Gasteiger partial charge on any atom is 0.261 e. The molecule has 5 rings (SSSR count). The number of nitrogens with zero attached hydrogens (tertiary/aromatic N) is 4. The molecule has 1 aliphatic rings. The highest BCUT2D eigenvalue weighted by molar-refractivity contribution is 5.84. The Morgan fingerprint density at radius 1 is 0.926 bits per heavy atom. The largest absolute Gasteiger partial charge is 0.312 e. The van der Waals surface area contributed by atoms with Crippen LogP contribution < -0.4 is 5.56 Å². The summed E-state index contributed by atoms with van der Waals surface area (Å²) in [6.45, 7) is 0. The summed E-state index contributed by atoms with van der Waals surface area (Å²) >= 11 is 0. The van der Waals surface area contributed by atoms with Crippen LogP contribution in [0.15, 0.2) is 59.8 Å². The fourth-order valence-electron chi connectivity index (χ4n) is 4.28. The molecule has 1 fully saturated rings. The summed E-state index contributed by atoms with van der Waals surface area (Å²) in [7, 11) is 0. The zero-order valence-corrected chi connectivity index (χ0v) is 15.2. The molecule has 1 aliphatic carbocycles. The molecule has 5 nitrogen and oxygen atoms in total. The van der Waals surface area contributed by atoms with E-state index in [4.69, 9.17) is 0 Å². The highest BCUT2D eigenvalue weighted by Gasteiger charge is 2.18. The van der Waals surface area contributed by atoms with Crippen LogP contribution in [0.25, 0.3) is 27.7 Å². The van der Waals surface area contributed by atoms with E-state index in [0.29, 0.717) is 11.4 Å². The van der Waals surface area contributed by atoms with Crippen LogP contribution in [-0.4, -0.2) is 19.2 Å². The minimum Gasteiger partial charge on any atom is -0.312 e. The van der Waals surface area contributed by atoms with Gasteiger partial charge in [0.1, 0.15) is 0 Å². The van der Waals surface area contributed by atoms with Gasteiger partial charge in [-0.05, 0) is 24.5 Å². The molecule has 3 heterocycles. The molecule has 0 bridgehead atoms. The van der Waals surface area contributed by atoms with Crippen molar-refractivity contribution in [3.05, 3.63) is 65.3 Å². The molecule has 0 aliphatic heterocycles. The van der Waals surface area contributed by atoms with Crippen LogP contribution in [0.3, 0.4) is 0 Å². The van der Waals surface area contributed by atoms with E-state index in [9.17, 15) is 4.79 Å². The zero-order chi connectivity index (χ0) is 18.2. The van der Waals surface area contributed by atoms with Gasteiger partial charge in [0.2, 0.25) is 0 Å². The molecule has 0 unspecified atom stereocenters. The Hall–Kier alpha value is -2.95. The first-order chi connectivity index (χ1) is 13.3. The van der Waals surface area contributed by atoms with Crippen molar-refractivity contribution in [2.24, 2.45) is 0 Å². The number of fused-ring (bicyclic) bond motifs is 3. The fraction of sp³-hybridized carbons (Fsp3) is 0.318. The summed E-state index contributed by atoms with van der Waals surface area (Å²) in [6.07, 6.45) is 12.6. The Morgan fingerprint density at radius 2 is 1.70 bits per heavy atom. The predicted molar refractivity (Wildman–Crippen MR) is 107 cm³/mol. The van der Waals surface area contributed by atoms with Gasteiger partial charge in [0.25, 0.3) is 5.56 Å². The van der Waals surface area contributed by atoms with Gasteiger partial charge in [0.05, 0.1) is 17.1 Å². The van der Waals surface area contributed by atoms with Crippen molar-refractivity contribution in [3.63, 3.8) is 0 Å². The summed E-state index contributed by atoms with van der Waals surface area (Å²) < 4.78 is 3.71. The van der Waals surface area contributed by atoms with E-state index in [1.165, 1.54) is 25.7 Å². The number of rotatable bonds is 2. The fourth-order valence-corrected chi connectivity index (χ4v) is 4.28. The summed E-state index contributed by atoms with van der Waals surface area (Å²) in [5.41, 5.74) is 3.69. The molecule has 27 heavy (non-hydrogen) atoms. The lowest BCUT2D eigenvalue weighted by Crippen LogP contribution is -2.24. The molecule has 3 aromatic heterocycles. The number of benzene rings is 1. The van der Waals surface area contributed by atoms with Gasteiger partial charge >= 0.3 is 0 Å². The normalized spacial score (nSPS) is 16.0. The Labute approximate surface area is 157 Å². The van der Waals surface area contributed by atoms with Crippen LogP contribution in [0.4, 0.5) is 0 Å². The minimum absolute atomic E-state index is 0.0468. The zero-order valence-electron chi connectivity index (χ0n) is 15.2. The first-order valence-corrected chi connectivity index (χ1v) is 9.76. The van der Waals surface area contributed by atoms with Gasteiger partial charge in [0.15, 0.2) is 5.65 Å². The Kier molecular flexibility index (Phi) is 4.00. The standard InChI is InChI=1S/C22H22N4O/c27-22-19-14-23-21-18(16-8-4-3-5-9-16)15-24-26(21)20(19)12-13-25(22)17-10-6-1-2-7-11-17/h3-5,8-9,12-15,17H,1-2,6-7,10-11H2. The molecule has 0 atom stereocenters. The van der Waals surface area contributed by atoms with Gasteiger partial charge in [-0.3, -0.25) is 4.79 Å². The van der Waals surface area contributed by atoms with Crippen LogP contribution in [0.5, 0.6) is 0 Å². The topological polar surface area (TPSA) is 52.2 Å². The Bertz CT molecular complexity index is 1150. The molecule has 0 N–H and O–H groups in total. The molecule has 1 aromatic carbocycles. The number of aromatic nitrogens is 4. The predicted octanol–water partition coefficient (Wildman–Crippen LogP) is 4.61. The van der Waals surface area contributed by atoms with E-state index >= 15 is 0 Å². The maximum atomic E-state index is 13.1. The lowest BCUT2D eigenvalue weighted by molar-refractivity contribution is 0.434. The van der Waals surface area contributed by atoms with Crippen LogP contribution in [0.2, 0.25) is 0 Å². The van der Waals surface area contributed by atoms with Crippen molar-refractivity contribution < 1.29 is 0 Å². The summed E-state index contributed by atoms with van der Waals surface area (Å²) in [5, 5.41) is 5.16. The molecular formula is C22H22N4O. The second kappa shape index (κ2) is 6.65. The first-order valence-electron chi connectivity index (χ1n) is 9.76. The molecule has 0 amide bonds. The highest BCUT2D eigenvalue weighted by atomic mass is 16.1. The smallest absolute Gasteiger partial charge is 0.261 e. The van der Waals surface area contributed by atoms with E-state index in [0.717, 1.165) is 35.1 Å². The van der Waals surface area contributed by atoms with E-state index < -0.39 is 0 Å². The van der Waals surface area contributed by atoms with E-state index in [1.807, 2.05) is 53.4 Å². The third-order valence-corrected chi connectivity index (χ3v) is 5.72. The van der Waals surface area contributed by atoms with Gasteiger partial charge < -0.3 is 4.57 Å². The van der Waals surface area contributed by atoms with Gasteiger partial charge in [0, 0.05) is 24.0 Å². The lowest BCUT2D eigenvalue weighted by atomic mass is 10.1. The Morgan fingerprint density at radius 3 is 2.48 bits per heavy atom. The average Bonchev–Trinajstić information content (AvgIpc) is 2.96. The molecule has 0 spiro atoms. The van der Waals surface area contributed by atoms with Gasteiger partial charge in [-0.25, -0.2) is 9.50 Å². The van der Waals surface area contributed by atoms with Gasteiger partial charge in [-0.15, -0.1) is 0 Å². The van der Waals surface area contributed by atoms with Crippen molar-refractivity contribution in [3.8, 4) is 11.1 Å². The Balaban J connectivity index is 1.66. The highest BCUT2D eigenvalue weighted by Crippen LogP contribution is 2.28. The van der Waals surface area contributed by atoms with Crippen molar-refractivity contribution in [1.29, 1.82) is 0 Å². The number of hydrogen-bond donors (Lipinski definition) is 0. The van der Waals surface area contributed by atoms with Crippen molar-refractivity contribution in [1.82, 2.24) is 19.2 Å². The third kappa shape index (κ3) is 2.74. The monoisotopic (exact) mass is 358 g/mol. The van der Waals surface area contributed by atoms with Crippen molar-refractivity contribution in [2.45, 2.75) is 44.6 Å². The molecule has 0 saturated heterocycles. The number of hydrogen-bond acceptors (Lipinski definition) is 3. The first kappa shape index (κ1) is 16.2. The van der Waals surface area contributed by atoms with Crippen LogP contribution in [-0.2, 0) is 0 Å². The molecule has 136 valence electrons. The van der Waals surface area contributed by atoms with Crippen LogP contribution in [0.1, 0.15) is 44.6 Å². The summed E-state index contributed by atoms with van der Waals surface area (Å²) in [5.74, 6) is 0. The van der Waals surface area contributed by atoms with Crippen molar-refractivity contribution in [2.75, 3.05) is 0 Å². The van der Waals surface area contributed by atoms with Crippen LogP contribution in [0, 0.1) is 0 Å². The SMILES string of the molecule is O=c1c2cnc3c(-c4ccccc4)cnn3c2ccn1C1CCCCCC1. The third-order valence-electron chi connectivity index (χ3n) is 5.72. The lowest BCUT2D eigenvalue weighted by Gasteiger charge is -2.18. The summed E-state index contributed by atoms with van der Waals surface area (Å²) in [6, 6.07) is 12.4. The second-order valence-electron chi connectivity index (χ2n) is 7.39. The molecule has 0 radical (unpaired) electrons. The molecular weight excluding hydrogens is 336 g/mol. The van der Waals surface area contributed by atoms with E-state index in [1.54, 1.807) is 10.7 Å². The molecule has 5 heteroatoms. The average molecular weight is 358 g/mol. The van der Waals surface area contributed by atoms with Crippen molar-refractivity contribution >= 4 is 16.6 Å². The molecule has 4 aromatic rings. The maximum absolute atomic E-state index is 13.1. The van der Waals surface area contributed by atoms with E-state index in [2.05, 4.69) is 10.1 Å². The quantitative estimate of drug-likeness (QED) is 0.492. The van der Waals surface area contributed by atoms with Gasteiger partial charge in [-0.2, -0.15) is 5.10 Å². The second-order valence-corrected chi connectivity index (χ2v) is 7.39. The molecule has 1 saturated carbocycles. The summed E-state index contributed by atoms with van der Waals surface area (Å²) in [4.78, 5) is 17.7. The number of pyridine rings is 1. The minimum atomic E-state index is 0.0468. The van der Waals surface area contributed by atoms with Gasteiger partial charge in [-0.1, -0.05) is 56.0 Å². The van der Waals surface area contributed by atoms with E-state index in [-0.39, 0.29) is 5.56 Å². The van der Waals surface area contributed by atoms with Crippen LogP contribution >= 0.6 is 0 Å².